The molecule has 0 spiro atoms. The Kier molecular flexibility index (Phi) is 9.20. The molecule has 0 N–H and O–H groups in total. The van der Waals surface area contributed by atoms with E-state index in [-0.39, 0.29) is 24.0 Å². The average Bonchev–Trinajstić information content (AvgIpc) is 2.95. The normalized spacial score (nSPS) is 17.7. The fraction of sp³-hybridized carbons (Fsp3) is 0.424. The third-order valence-electron chi connectivity index (χ3n) is 8.03. The highest BCUT2D eigenvalue weighted by Crippen LogP contribution is 2.35. The molecule has 0 radical (unpaired) electrons. The Morgan fingerprint density at radius 1 is 0.929 bits per heavy atom. The molecule has 0 bridgehead atoms. The van der Waals surface area contributed by atoms with Gasteiger partial charge in [-0.2, -0.15) is 0 Å². The summed E-state index contributed by atoms with van der Waals surface area (Å²) in [6.45, 7) is 5.76. The first-order valence-corrected chi connectivity index (χ1v) is 16.0. The molecule has 2 aliphatic rings. The minimum Gasteiger partial charge on any atom is -0.493 e. The molecule has 8 nitrogen and oxygen atoms in total. The zero-order chi connectivity index (χ0) is 29.7. The summed E-state index contributed by atoms with van der Waals surface area (Å²) in [6, 6.07) is 20.1. The first-order valence-electron chi connectivity index (χ1n) is 14.2. The van der Waals surface area contributed by atoms with Gasteiger partial charge in [-0.1, -0.05) is 30.3 Å². The molecule has 2 fully saturated rings. The van der Waals surface area contributed by atoms with Crippen LogP contribution in [0.2, 0.25) is 0 Å². The molecule has 42 heavy (non-hydrogen) atoms. The van der Waals surface area contributed by atoms with Crippen molar-refractivity contribution in [2.75, 3.05) is 45.0 Å². The first kappa shape index (κ1) is 30.1. The summed E-state index contributed by atoms with van der Waals surface area (Å²) in [7, 11) is -1.53. The monoisotopic (exact) mass is 594 g/mol. The van der Waals surface area contributed by atoms with E-state index < -0.39 is 21.4 Å². The van der Waals surface area contributed by atoms with Gasteiger partial charge in [0.2, 0.25) is 0 Å². The number of sulfone groups is 1. The van der Waals surface area contributed by atoms with E-state index >= 15 is 0 Å². The third-order valence-corrected chi connectivity index (χ3v) is 9.75. The lowest BCUT2D eigenvalue weighted by Crippen LogP contribution is -2.49. The molecule has 9 heteroatoms. The molecular formula is C33H38O8S. The minimum absolute atomic E-state index is 0.127. The van der Waals surface area contributed by atoms with Gasteiger partial charge in [-0.3, -0.25) is 0 Å². The van der Waals surface area contributed by atoms with Crippen LogP contribution in [0.15, 0.2) is 60.7 Å². The van der Waals surface area contributed by atoms with Gasteiger partial charge in [0.15, 0.2) is 0 Å². The summed E-state index contributed by atoms with van der Waals surface area (Å²) in [5.74, 6) is 1.91. The Morgan fingerprint density at radius 2 is 1.62 bits per heavy atom. The van der Waals surface area contributed by atoms with E-state index in [1.54, 1.807) is 0 Å². The fourth-order valence-electron chi connectivity index (χ4n) is 5.50. The van der Waals surface area contributed by atoms with Crippen molar-refractivity contribution >= 4 is 15.8 Å². The molecule has 0 atom stereocenters. The predicted molar refractivity (Wildman–Crippen MR) is 159 cm³/mol. The number of carbonyl (C=O) groups excluding carboxylic acids is 1. The van der Waals surface area contributed by atoms with Crippen molar-refractivity contribution in [2.45, 2.75) is 38.9 Å². The molecule has 3 aromatic rings. The van der Waals surface area contributed by atoms with Crippen LogP contribution in [0.3, 0.4) is 0 Å². The van der Waals surface area contributed by atoms with E-state index in [1.165, 1.54) is 7.11 Å². The van der Waals surface area contributed by atoms with Gasteiger partial charge in [0.25, 0.3) is 0 Å². The molecular weight excluding hydrogens is 556 g/mol. The van der Waals surface area contributed by atoms with Crippen molar-refractivity contribution in [1.29, 1.82) is 0 Å². The zero-order valence-electron chi connectivity index (χ0n) is 24.4. The Morgan fingerprint density at radius 3 is 2.24 bits per heavy atom. The lowest BCUT2D eigenvalue weighted by Gasteiger charge is -2.41. The van der Waals surface area contributed by atoms with Crippen LogP contribution in [-0.2, 0) is 41.1 Å². The fourth-order valence-corrected chi connectivity index (χ4v) is 7.09. The molecule has 0 saturated carbocycles. The molecule has 0 unspecified atom stereocenters. The Balaban J connectivity index is 1.20. The van der Waals surface area contributed by atoms with E-state index in [1.807, 2.05) is 36.4 Å². The van der Waals surface area contributed by atoms with E-state index in [0.717, 1.165) is 44.9 Å². The van der Waals surface area contributed by atoms with Gasteiger partial charge in [0.1, 0.15) is 40.2 Å². The number of hydrogen-bond donors (Lipinski definition) is 0. The summed E-state index contributed by atoms with van der Waals surface area (Å²) < 4.78 is 51.5. The van der Waals surface area contributed by atoms with Crippen LogP contribution in [0.1, 0.15) is 35.1 Å². The quantitative estimate of drug-likeness (QED) is 0.281. The van der Waals surface area contributed by atoms with Crippen LogP contribution in [0.4, 0.5) is 0 Å². The van der Waals surface area contributed by atoms with E-state index in [4.69, 9.17) is 18.9 Å². The Labute approximate surface area is 247 Å². The van der Waals surface area contributed by atoms with Crippen LogP contribution in [-0.4, -0.2) is 59.4 Å². The highest BCUT2D eigenvalue weighted by atomic mass is 32.2. The van der Waals surface area contributed by atoms with Crippen molar-refractivity contribution in [2.24, 2.45) is 5.92 Å². The average molecular weight is 595 g/mol. The van der Waals surface area contributed by atoms with E-state index in [2.05, 4.69) is 42.8 Å². The molecule has 0 aliphatic carbocycles. The lowest BCUT2D eigenvalue weighted by atomic mass is 9.91. The maximum Gasteiger partial charge on any atom is 0.331 e. The Bertz CT molecular complexity index is 1470. The maximum absolute atomic E-state index is 11.7. The number of rotatable bonds is 11. The van der Waals surface area contributed by atoms with Gasteiger partial charge in [0, 0.05) is 0 Å². The lowest BCUT2D eigenvalue weighted by molar-refractivity contribution is -0.220. The summed E-state index contributed by atoms with van der Waals surface area (Å²) >= 11 is 0. The second kappa shape index (κ2) is 12.9. The molecule has 224 valence electrons. The minimum atomic E-state index is -2.87. The summed E-state index contributed by atoms with van der Waals surface area (Å²) in [5, 5.41) is 0. The van der Waals surface area contributed by atoms with Gasteiger partial charge in [0.05, 0.1) is 38.4 Å². The van der Waals surface area contributed by atoms with Gasteiger partial charge < -0.3 is 23.7 Å². The molecule has 0 aromatic heterocycles. The number of benzene rings is 3. The smallest absolute Gasteiger partial charge is 0.331 e. The molecule has 2 aliphatic heterocycles. The van der Waals surface area contributed by atoms with Crippen LogP contribution in [0, 0.1) is 19.8 Å². The maximum atomic E-state index is 11.7. The van der Waals surface area contributed by atoms with Crippen molar-refractivity contribution in [3.63, 3.8) is 0 Å². The Hall–Kier alpha value is -3.40. The topological polar surface area (TPSA) is 97.4 Å². The number of ether oxygens (including phenoxy) is 5. The van der Waals surface area contributed by atoms with Gasteiger partial charge >= 0.3 is 5.97 Å². The van der Waals surface area contributed by atoms with Crippen LogP contribution in [0.5, 0.6) is 11.5 Å². The number of esters is 1. The van der Waals surface area contributed by atoms with Crippen molar-refractivity contribution in [3.8, 4) is 22.6 Å². The first-order chi connectivity index (χ1) is 20.2. The van der Waals surface area contributed by atoms with Crippen molar-refractivity contribution < 1.29 is 36.9 Å². The number of carbonyl (C=O) groups is 1. The number of aryl methyl sites for hydroxylation is 2. The highest BCUT2D eigenvalue weighted by molar-refractivity contribution is 7.91. The number of hydrogen-bond acceptors (Lipinski definition) is 8. The van der Waals surface area contributed by atoms with Crippen molar-refractivity contribution in [3.05, 3.63) is 82.9 Å². The van der Waals surface area contributed by atoms with Crippen LogP contribution < -0.4 is 9.47 Å². The standard InChI is InChI=1S/C33H38O8S/c1-23-15-30(40-18-25-11-13-42(35,36)14-12-25)16-24(2)32(23)27-6-4-5-26(17-27)19-39-29-9-7-28(8-10-29)33(21-38-22-33)41-20-31(34)37-3/h4-10,15-17,25H,11-14,18-22H2,1-3H3. The van der Waals surface area contributed by atoms with Gasteiger partial charge in [-0.15, -0.1) is 0 Å². The van der Waals surface area contributed by atoms with Crippen LogP contribution in [0.25, 0.3) is 11.1 Å². The molecule has 2 saturated heterocycles. The SMILES string of the molecule is COC(=O)COC1(c2ccc(OCc3cccc(-c4c(C)cc(OCC5CCS(=O)(=O)CC5)cc4C)c3)cc2)COC1. The molecule has 5 rings (SSSR count). The molecule has 0 amide bonds. The van der Waals surface area contributed by atoms with Crippen molar-refractivity contribution in [1.82, 2.24) is 0 Å². The molecule has 2 heterocycles. The van der Waals surface area contributed by atoms with E-state index in [9.17, 15) is 13.2 Å². The second-order valence-electron chi connectivity index (χ2n) is 11.2. The van der Waals surface area contributed by atoms with E-state index in [0.29, 0.717) is 39.3 Å². The van der Waals surface area contributed by atoms with Gasteiger partial charge in [-0.25, -0.2) is 13.2 Å². The second-order valence-corrected chi connectivity index (χ2v) is 13.5. The highest BCUT2D eigenvalue weighted by Gasteiger charge is 2.42. The summed E-state index contributed by atoms with van der Waals surface area (Å²) in [5.41, 5.74) is 5.85. The van der Waals surface area contributed by atoms with Crippen LogP contribution >= 0.6 is 0 Å². The summed E-state index contributed by atoms with van der Waals surface area (Å²) in [6.07, 6.45) is 1.33. The summed E-state index contributed by atoms with van der Waals surface area (Å²) in [4.78, 5) is 11.5. The zero-order valence-corrected chi connectivity index (χ0v) is 25.2. The molecule has 3 aromatic carbocycles. The third kappa shape index (κ3) is 7.14. The predicted octanol–water partition coefficient (Wildman–Crippen LogP) is 5.17. The largest absolute Gasteiger partial charge is 0.493 e. The number of methoxy groups -OCH3 is 1. The van der Waals surface area contributed by atoms with Gasteiger partial charge in [-0.05, 0) is 96.3 Å².